The smallest absolute Gasteiger partial charge is 0.290 e. The number of nitrogens with two attached hydrogens (primary N) is 1. The molecule has 0 bridgehead atoms. The van der Waals surface area contributed by atoms with Gasteiger partial charge >= 0.3 is 0 Å². The second-order valence-electron chi connectivity index (χ2n) is 3.83. The molecule has 1 rings (SSSR count). The van der Waals surface area contributed by atoms with Crippen molar-refractivity contribution in [2.24, 2.45) is 5.73 Å². The summed E-state index contributed by atoms with van der Waals surface area (Å²) in [5.41, 5.74) is 4.52. The summed E-state index contributed by atoms with van der Waals surface area (Å²) >= 11 is 11.5. The molecule has 0 saturated carbocycles. The van der Waals surface area contributed by atoms with E-state index in [0.29, 0.717) is 0 Å². The van der Waals surface area contributed by atoms with Crippen molar-refractivity contribution >= 4 is 40.7 Å². The van der Waals surface area contributed by atoms with Gasteiger partial charge in [-0.1, -0.05) is 23.2 Å². The van der Waals surface area contributed by atoms with Gasteiger partial charge in [-0.2, -0.15) is 0 Å². The Hall–Kier alpha value is -1.86. The first-order valence-electron chi connectivity index (χ1n) is 5.49. The number of nitrogens with zero attached hydrogens (tertiary/aromatic N) is 2. The highest BCUT2D eigenvalue weighted by Gasteiger charge is 2.23. The molecular formula is C11H11Cl2N3O4. The zero-order valence-corrected chi connectivity index (χ0v) is 11.9. The molecule has 7 nitrogen and oxygen atoms in total. The second-order valence-corrected chi connectivity index (χ2v) is 4.62. The maximum Gasteiger partial charge on any atom is 0.290 e. The van der Waals surface area contributed by atoms with Gasteiger partial charge in [0.05, 0.1) is 16.5 Å². The van der Waals surface area contributed by atoms with E-state index in [1.165, 1.54) is 6.07 Å². The van der Waals surface area contributed by atoms with Crippen LogP contribution in [0.5, 0.6) is 0 Å². The second kappa shape index (κ2) is 6.53. The van der Waals surface area contributed by atoms with E-state index in [4.69, 9.17) is 28.9 Å². The van der Waals surface area contributed by atoms with Crippen LogP contribution in [0.25, 0.3) is 0 Å². The van der Waals surface area contributed by atoms with Crippen LogP contribution in [0.1, 0.15) is 17.3 Å². The maximum absolute atomic E-state index is 12.1. The fourth-order valence-electron chi connectivity index (χ4n) is 1.53. The van der Waals surface area contributed by atoms with Gasteiger partial charge in [-0.05, 0) is 13.0 Å². The number of nitro groups is 1. The van der Waals surface area contributed by atoms with Gasteiger partial charge in [-0.3, -0.25) is 19.7 Å². The van der Waals surface area contributed by atoms with E-state index in [-0.39, 0.29) is 28.7 Å². The SMILES string of the molecule is CCN(CC(N)=O)C(=O)c1cc(Cl)c(Cl)c([N+](=O)[O-])c1. The van der Waals surface area contributed by atoms with Crippen LogP contribution < -0.4 is 5.73 Å². The molecule has 0 aliphatic heterocycles. The minimum atomic E-state index is -0.741. The molecule has 0 aromatic heterocycles. The van der Waals surface area contributed by atoms with Crippen LogP contribution in [0.15, 0.2) is 12.1 Å². The van der Waals surface area contributed by atoms with Crippen molar-refractivity contribution in [3.63, 3.8) is 0 Å². The first-order chi connectivity index (χ1) is 9.27. The Bertz CT molecular complexity index is 577. The molecule has 0 radical (unpaired) electrons. The summed E-state index contributed by atoms with van der Waals surface area (Å²) in [5.74, 6) is -1.28. The molecular weight excluding hydrogens is 309 g/mol. The standard InChI is InChI=1S/C11H11Cl2N3O4/c1-2-15(5-9(14)17)11(18)6-3-7(12)10(13)8(4-6)16(19)20/h3-4H,2,5H2,1H3,(H2,14,17). The number of primary amides is 1. The summed E-state index contributed by atoms with van der Waals surface area (Å²) in [5, 5.41) is 10.5. The van der Waals surface area contributed by atoms with Crippen LogP contribution in [0.3, 0.4) is 0 Å². The molecule has 108 valence electrons. The molecule has 0 spiro atoms. The molecule has 1 aromatic carbocycles. The number of hydrogen-bond donors (Lipinski definition) is 1. The van der Waals surface area contributed by atoms with E-state index in [9.17, 15) is 19.7 Å². The Morgan fingerprint density at radius 3 is 2.45 bits per heavy atom. The van der Waals surface area contributed by atoms with E-state index in [0.717, 1.165) is 11.0 Å². The van der Waals surface area contributed by atoms with Crippen LogP contribution in [0.2, 0.25) is 10.0 Å². The fraction of sp³-hybridized carbons (Fsp3) is 0.273. The highest BCUT2D eigenvalue weighted by molar-refractivity contribution is 6.43. The van der Waals surface area contributed by atoms with E-state index >= 15 is 0 Å². The Kier molecular flexibility index (Phi) is 5.29. The number of rotatable bonds is 5. The Morgan fingerprint density at radius 1 is 1.40 bits per heavy atom. The van der Waals surface area contributed by atoms with Crippen LogP contribution in [0, 0.1) is 10.1 Å². The summed E-state index contributed by atoms with van der Waals surface area (Å²) in [6, 6.07) is 2.23. The van der Waals surface area contributed by atoms with Gasteiger partial charge in [0.25, 0.3) is 11.6 Å². The third-order valence-corrected chi connectivity index (χ3v) is 3.26. The number of nitro benzene ring substituents is 1. The molecule has 0 atom stereocenters. The molecule has 0 heterocycles. The predicted octanol–water partition coefficient (Wildman–Crippen LogP) is 1.85. The molecule has 9 heteroatoms. The molecule has 0 saturated heterocycles. The van der Waals surface area contributed by atoms with E-state index in [2.05, 4.69) is 0 Å². The lowest BCUT2D eigenvalue weighted by Crippen LogP contribution is -2.38. The largest absolute Gasteiger partial charge is 0.368 e. The fourth-order valence-corrected chi connectivity index (χ4v) is 1.92. The van der Waals surface area contributed by atoms with Crippen LogP contribution >= 0.6 is 23.2 Å². The van der Waals surface area contributed by atoms with Crippen LogP contribution in [0.4, 0.5) is 5.69 Å². The molecule has 20 heavy (non-hydrogen) atoms. The minimum absolute atomic E-state index is 0.0331. The van der Waals surface area contributed by atoms with Crippen molar-refractivity contribution in [3.8, 4) is 0 Å². The van der Waals surface area contributed by atoms with Gasteiger partial charge in [-0.15, -0.1) is 0 Å². The lowest BCUT2D eigenvalue weighted by Gasteiger charge is -2.19. The minimum Gasteiger partial charge on any atom is -0.368 e. The Labute approximate surface area is 124 Å². The first kappa shape index (κ1) is 16.2. The van der Waals surface area contributed by atoms with Crippen molar-refractivity contribution in [2.45, 2.75) is 6.92 Å². The van der Waals surface area contributed by atoms with Crippen molar-refractivity contribution in [1.82, 2.24) is 4.90 Å². The highest BCUT2D eigenvalue weighted by Crippen LogP contribution is 2.33. The third-order valence-electron chi connectivity index (χ3n) is 2.47. The van der Waals surface area contributed by atoms with E-state index < -0.39 is 22.4 Å². The molecule has 0 unspecified atom stereocenters. The molecule has 0 aliphatic carbocycles. The summed E-state index contributed by atoms with van der Waals surface area (Å²) in [7, 11) is 0. The number of amides is 2. The van der Waals surface area contributed by atoms with Gasteiger partial charge in [-0.25, -0.2) is 0 Å². The monoisotopic (exact) mass is 319 g/mol. The van der Waals surface area contributed by atoms with Gasteiger partial charge < -0.3 is 10.6 Å². The van der Waals surface area contributed by atoms with Crippen molar-refractivity contribution in [2.75, 3.05) is 13.1 Å². The van der Waals surface area contributed by atoms with Crippen molar-refractivity contribution in [3.05, 3.63) is 37.9 Å². The average molecular weight is 320 g/mol. The zero-order chi connectivity index (χ0) is 15.4. The lowest BCUT2D eigenvalue weighted by atomic mass is 10.1. The lowest BCUT2D eigenvalue weighted by molar-refractivity contribution is -0.384. The van der Waals surface area contributed by atoms with Gasteiger partial charge in [0.1, 0.15) is 5.02 Å². The summed E-state index contributed by atoms with van der Waals surface area (Å²) in [6.07, 6.45) is 0. The summed E-state index contributed by atoms with van der Waals surface area (Å²) < 4.78 is 0. The average Bonchev–Trinajstić information content (AvgIpc) is 2.37. The molecule has 2 amide bonds. The van der Waals surface area contributed by atoms with Crippen LogP contribution in [-0.4, -0.2) is 34.7 Å². The Morgan fingerprint density at radius 2 is 2.00 bits per heavy atom. The van der Waals surface area contributed by atoms with E-state index in [1.54, 1.807) is 6.92 Å². The quantitative estimate of drug-likeness (QED) is 0.660. The van der Waals surface area contributed by atoms with E-state index in [1.807, 2.05) is 0 Å². The molecule has 1 aromatic rings. The number of carbonyl (C=O) groups is 2. The highest BCUT2D eigenvalue weighted by atomic mass is 35.5. The zero-order valence-electron chi connectivity index (χ0n) is 10.4. The Balaban J connectivity index is 3.22. The number of likely N-dealkylation sites (N-methyl/N-ethyl adjacent to an activating group) is 1. The van der Waals surface area contributed by atoms with Gasteiger partial charge in [0.15, 0.2) is 0 Å². The van der Waals surface area contributed by atoms with Crippen molar-refractivity contribution in [1.29, 1.82) is 0 Å². The molecule has 0 aliphatic rings. The molecule has 2 N–H and O–H groups in total. The topological polar surface area (TPSA) is 107 Å². The third kappa shape index (κ3) is 3.58. The number of hydrogen-bond acceptors (Lipinski definition) is 4. The number of carbonyl (C=O) groups excluding carboxylic acids is 2. The molecule has 0 fully saturated rings. The normalized spacial score (nSPS) is 10.2. The van der Waals surface area contributed by atoms with Crippen LogP contribution in [-0.2, 0) is 4.79 Å². The van der Waals surface area contributed by atoms with Gasteiger partial charge in [0, 0.05) is 18.2 Å². The maximum atomic E-state index is 12.1. The number of halogens is 2. The summed E-state index contributed by atoms with van der Waals surface area (Å²) in [4.78, 5) is 34.3. The number of benzene rings is 1. The summed E-state index contributed by atoms with van der Waals surface area (Å²) in [6.45, 7) is 1.58. The van der Waals surface area contributed by atoms with Gasteiger partial charge in [0.2, 0.25) is 5.91 Å². The van der Waals surface area contributed by atoms with Crippen molar-refractivity contribution < 1.29 is 14.5 Å². The first-order valence-corrected chi connectivity index (χ1v) is 6.24. The predicted molar refractivity (Wildman–Crippen MR) is 73.9 cm³/mol.